The minimum absolute atomic E-state index is 0.164. The molecule has 28 heavy (non-hydrogen) atoms. The zero-order valence-electron chi connectivity index (χ0n) is 16.7. The standard InChI is InChI=1S/C20H30N6OS/c1-28-20-23-18(25-10-5-2-6-11-25)16-14-22-26(19(16)24-20)12-9-21-17(27)13-15-7-3-4-8-15/h14-15H,2-13H2,1H3,(H,21,27). The Balaban J connectivity index is 1.44. The summed E-state index contributed by atoms with van der Waals surface area (Å²) in [6.07, 6.45) is 13.2. The molecule has 0 bridgehead atoms. The Morgan fingerprint density at radius 3 is 2.71 bits per heavy atom. The number of nitrogens with zero attached hydrogens (tertiary/aromatic N) is 5. The highest BCUT2D eigenvalue weighted by atomic mass is 32.2. The summed E-state index contributed by atoms with van der Waals surface area (Å²) in [5.74, 6) is 1.75. The van der Waals surface area contributed by atoms with E-state index in [0.717, 1.165) is 35.1 Å². The van der Waals surface area contributed by atoms with Crippen molar-refractivity contribution in [3.05, 3.63) is 6.20 Å². The second-order valence-electron chi connectivity index (χ2n) is 7.89. The van der Waals surface area contributed by atoms with Crippen LogP contribution in [0.1, 0.15) is 51.4 Å². The van der Waals surface area contributed by atoms with Crippen molar-refractivity contribution < 1.29 is 4.79 Å². The molecule has 152 valence electrons. The number of piperidine rings is 1. The van der Waals surface area contributed by atoms with Crippen LogP contribution in [0.3, 0.4) is 0 Å². The number of fused-ring (bicyclic) bond motifs is 1. The molecule has 0 aromatic carbocycles. The normalized spacial score (nSPS) is 18.1. The molecule has 1 aliphatic heterocycles. The van der Waals surface area contributed by atoms with E-state index in [1.807, 2.05) is 17.1 Å². The zero-order valence-corrected chi connectivity index (χ0v) is 17.5. The first-order valence-corrected chi connectivity index (χ1v) is 11.8. The van der Waals surface area contributed by atoms with Crippen LogP contribution < -0.4 is 10.2 Å². The number of aromatic nitrogens is 4. The zero-order chi connectivity index (χ0) is 19.3. The summed E-state index contributed by atoms with van der Waals surface area (Å²) < 4.78 is 1.90. The van der Waals surface area contributed by atoms with Gasteiger partial charge in [0.05, 0.1) is 18.1 Å². The van der Waals surface area contributed by atoms with Crippen molar-refractivity contribution in [2.45, 2.75) is 63.1 Å². The Kier molecular flexibility index (Phi) is 6.34. The molecule has 1 saturated carbocycles. The molecule has 3 heterocycles. The quantitative estimate of drug-likeness (QED) is 0.566. The van der Waals surface area contributed by atoms with Crippen molar-refractivity contribution in [1.82, 2.24) is 25.1 Å². The second kappa shape index (κ2) is 9.11. The Morgan fingerprint density at radius 2 is 1.96 bits per heavy atom. The Bertz CT molecular complexity index is 810. The summed E-state index contributed by atoms with van der Waals surface area (Å²) in [5, 5.41) is 9.40. The number of thioether (sulfide) groups is 1. The molecule has 1 aliphatic carbocycles. The molecule has 2 aromatic heterocycles. The summed E-state index contributed by atoms with van der Waals surface area (Å²) >= 11 is 1.56. The SMILES string of the molecule is CSc1nc(N2CCCCC2)c2cnn(CCNC(=O)CC3CCCC3)c2n1. The molecule has 8 heteroatoms. The van der Waals surface area contributed by atoms with Gasteiger partial charge >= 0.3 is 0 Å². The summed E-state index contributed by atoms with van der Waals surface area (Å²) in [4.78, 5) is 24.0. The van der Waals surface area contributed by atoms with Crippen LogP contribution in [0, 0.1) is 5.92 Å². The molecule has 0 atom stereocenters. The van der Waals surface area contributed by atoms with Gasteiger partial charge in [-0.3, -0.25) is 4.79 Å². The predicted octanol–water partition coefficient (Wildman–Crippen LogP) is 3.24. The lowest BCUT2D eigenvalue weighted by molar-refractivity contribution is -0.122. The highest BCUT2D eigenvalue weighted by Gasteiger charge is 2.20. The van der Waals surface area contributed by atoms with E-state index in [9.17, 15) is 4.79 Å². The van der Waals surface area contributed by atoms with Crippen LogP contribution in [0.2, 0.25) is 0 Å². The number of carbonyl (C=O) groups excluding carboxylic acids is 1. The van der Waals surface area contributed by atoms with Crippen LogP contribution in [0.25, 0.3) is 11.0 Å². The smallest absolute Gasteiger partial charge is 0.220 e. The molecule has 4 rings (SSSR count). The van der Waals surface area contributed by atoms with Gasteiger partial charge in [0.2, 0.25) is 5.91 Å². The van der Waals surface area contributed by atoms with Crippen molar-refractivity contribution in [2.24, 2.45) is 5.92 Å². The van der Waals surface area contributed by atoms with Crippen LogP contribution in [0.5, 0.6) is 0 Å². The second-order valence-corrected chi connectivity index (χ2v) is 8.66. The largest absolute Gasteiger partial charge is 0.356 e. The molecule has 1 amide bonds. The van der Waals surface area contributed by atoms with Gasteiger partial charge in [0.25, 0.3) is 0 Å². The van der Waals surface area contributed by atoms with Gasteiger partial charge in [0, 0.05) is 26.1 Å². The third kappa shape index (κ3) is 4.42. The van der Waals surface area contributed by atoms with Crippen molar-refractivity contribution in [2.75, 3.05) is 30.8 Å². The summed E-state index contributed by atoms with van der Waals surface area (Å²) in [7, 11) is 0. The van der Waals surface area contributed by atoms with E-state index in [0.29, 0.717) is 25.4 Å². The fourth-order valence-electron chi connectivity index (χ4n) is 4.37. The third-order valence-corrected chi connectivity index (χ3v) is 6.44. The predicted molar refractivity (Wildman–Crippen MR) is 113 cm³/mol. The van der Waals surface area contributed by atoms with Gasteiger partial charge in [0.15, 0.2) is 10.8 Å². The number of amides is 1. The van der Waals surface area contributed by atoms with Gasteiger partial charge < -0.3 is 10.2 Å². The maximum absolute atomic E-state index is 12.2. The van der Waals surface area contributed by atoms with Gasteiger partial charge in [-0.15, -0.1) is 0 Å². The van der Waals surface area contributed by atoms with E-state index in [2.05, 4.69) is 15.3 Å². The Labute approximate surface area is 170 Å². The molecule has 2 fully saturated rings. The number of rotatable bonds is 7. The van der Waals surface area contributed by atoms with Crippen molar-refractivity contribution in [1.29, 1.82) is 0 Å². The Hall–Kier alpha value is -1.83. The summed E-state index contributed by atoms with van der Waals surface area (Å²) in [6, 6.07) is 0. The average molecular weight is 403 g/mol. The van der Waals surface area contributed by atoms with Crippen LogP contribution in [-0.4, -0.2) is 51.5 Å². The molecule has 1 saturated heterocycles. The molecule has 1 N–H and O–H groups in total. The molecule has 0 spiro atoms. The number of carbonyl (C=O) groups is 1. The minimum Gasteiger partial charge on any atom is -0.356 e. The van der Waals surface area contributed by atoms with Crippen LogP contribution in [0.4, 0.5) is 5.82 Å². The average Bonchev–Trinajstić information content (AvgIpc) is 3.38. The fourth-order valence-corrected chi connectivity index (χ4v) is 4.73. The first kappa shape index (κ1) is 19.5. The fraction of sp³-hybridized carbons (Fsp3) is 0.700. The molecule has 7 nitrogen and oxygen atoms in total. The molecular formula is C20H30N6OS. The van der Waals surface area contributed by atoms with Crippen LogP contribution in [0.15, 0.2) is 11.4 Å². The molecule has 2 aliphatic rings. The van der Waals surface area contributed by atoms with E-state index >= 15 is 0 Å². The maximum Gasteiger partial charge on any atom is 0.220 e. The highest BCUT2D eigenvalue weighted by Crippen LogP contribution is 2.29. The summed E-state index contributed by atoms with van der Waals surface area (Å²) in [5.41, 5.74) is 0.866. The Morgan fingerprint density at radius 1 is 1.18 bits per heavy atom. The van der Waals surface area contributed by atoms with Gasteiger partial charge in [0.1, 0.15) is 5.82 Å². The van der Waals surface area contributed by atoms with Crippen LogP contribution in [-0.2, 0) is 11.3 Å². The van der Waals surface area contributed by atoms with Gasteiger partial charge in [-0.05, 0) is 44.3 Å². The first-order valence-electron chi connectivity index (χ1n) is 10.5. The lowest BCUT2D eigenvalue weighted by Gasteiger charge is -2.28. The van der Waals surface area contributed by atoms with Crippen molar-refractivity contribution >= 4 is 34.5 Å². The molecular weight excluding hydrogens is 372 g/mol. The van der Waals surface area contributed by atoms with E-state index < -0.39 is 0 Å². The van der Waals surface area contributed by atoms with Gasteiger partial charge in [-0.25, -0.2) is 14.6 Å². The monoisotopic (exact) mass is 402 g/mol. The lowest BCUT2D eigenvalue weighted by Crippen LogP contribution is -2.30. The maximum atomic E-state index is 12.2. The molecule has 0 radical (unpaired) electrons. The minimum atomic E-state index is 0.164. The van der Waals surface area contributed by atoms with E-state index in [4.69, 9.17) is 9.97 Å². The van der Waals surface area contributed by atoms with Gasteiger partial charge in [-0.2, -0.15) is 5.10 Å². The number of hydrogen-bond acceptors (Lipinski definition) is 6. The van der Waals surface area contributed by atoms with E-state index in [1.54, 1.807) is 11.8 Å². The molecule has 2 aromatic rings. The topological polar surface area (TPSA) is 75.9 Å². The molecule has 0 unspecified atom stereocenters. The van der Waals surface area contributed by atoms with E-state index in [-0.39, 0.29) is 5.91 Å². The highest BCUT2D eigenvalue weighted by molar-refractivity contribution is 7.98. The third-order valence-electron chi connectivity index (χ3n) is 5.89. The van der Waals surface area contributed by atoms with Crippen molar-refractivity contribution in [3.8, 4) is 0 Å². The van der Waals surface area contributed by atoms with Crippen molar-refractivity contribution in [3.63, 3.8) is 0 Å². The number of hydrogen-bond donors (Lipinski definition) is 1. The van der Waals surface area contributed by atoms with Gasteiger partial charge in [-0.1, -0.05) is 24.6 Å². The summed E-state index contributed by atoms with van der Waals surface area (Å²) in [6.45, 7) is 3.30. The number of anilines is 1. The lowest BCUT2D eigenvalue weighted by atomic mass is 10.0. The van der Waals surface area contributed by atoms with Crippen LogP contribution >= 0.6 is 11.8 Å². The number of nitrogens with one attached hydrogen (secondary N) is 1. The first-order chi connectivity index (χ1) is 13.7. The van der Waals surface area contributed by atoms with E-state index in [1.165, 1.54) is 44.9 Å².